The van der Waals surface area contributed by atoms with Crippen molar-refractivity contribution in [2.75, 3.05) is 33.3 Å². The molecule has 2 aliphatic rings. The minimum atomic E-state index is 0.215. The Hall–Kier alpha value is -1.85. The zero-order valence-electron chi connectivity index (χ0n) is 18.3. The number of nitrogens with zero attached hydrogens (tertiary/aromatic N) is 2. The van der Waals surface area contributed by atoms with Crippen molar-refractivity contribution in [3.63, 3.8) is 0 Å². The third kappa shape index (κ3) is 4.89. The van der Waals surface area contributed by atoms with Crippen LogP contribution in [-0.2, 0) is 12.8 Å². The maximum Gasteiger partial charge on any atom is 0.263 e. The second-order valence-electron chi connectivity index (χ2n) is 8.74. The summed E-state index contributed by atoms with van der Waals surface area (Å²) in [4.78, 5) is 18.3. The van der Waals surface area contributed by atoms with Gasteiger partial charge in [-0.15, -0.1) is 11.3 Å². The van der Waals surface area contributed by atoms with Crippen LogP contribution in [0.5, 0.6) is 5.75 Å². The van der Waals surface area contributed by atoms with Crippen LogP contribution in [0.2, 0.25) is 0 Å². The summed E-state index contributed by atoms with van der Waals surface area (Å²) in [5, 5.41) is 1.99. The first-order chi connectivity index (χ1) is 14.7. The van der Waals surface area contributed by atoms with E-state index >= 15 is 0 Å². The molecule has 30 heavy (non-hydrogen) atoms. The summed E-state index contributed by atoms with van der Waals surface area (Å²) in [6.45, 7) is 6.41. The van der Waals surface area contributed by atoms with Crippen LogP contribution >= 0.6 is 11.3 Å². The number of benzene rings is 1. The molecule has 0 saturated carbocycles. The highest BCUT2D eigenvalue weighted by Gasteiger charge is 2.29. The van der Waals surface area contributed by atoms with Gasteiger partial charge in [0.1, 0.15) is 5.75 Å². The molecule has 0 radical (unpaired) electrons. The number of amides is 1. The Morgan fingerprint density at radius 2 is 2.03 bits per heavy atom. The van der Waals surface area contributed by atoms with Crippen LogP contribution in [0.25, 0.3) is 0 Å². The SMILES string of the molecule is CCCN(CC1CCN(C(=O)c2cccs2)CC1)C1CCc2ccc(OC)cc2C1. The van der Waals surface area contributed by atoms with E-state index in [0.29, 0.717) is 12.0 Å². The Balaban J connectivity index is 1.34. The van der Waals surface area contributed by atoms with Crippen LogP contribution in [0.3, 0.4) is 0 Å². The van der Waals surface area contributed by atoms with Crippen LogP contribution in [0, 0.1) is 5.92 Å². The average molecular weight is 427 g/mol. The van der Waals surface area contributed by atoms with Crippen molar-refractivity contribution in [3.8, 4) is 5.75 Å². The van der Waals surface area contributed by atoms with Gasteiger partial charge >= 0.3 is 0 Å². The van der Waals surface area contributed by atoms with E-state index in [-0.39, 0.29) is 5.91 Å². The number of fused-ring (bicyclic) bond motifs is 1. The van der Waals surface area contributed by atoms with Gasteiger partial charge in [0.15, 0.2) is 0 Å². The molecule has 1 amide bonds. The molecule has 0 bridgehead atoms. The first-order valence-corrected chi connectivity index (χ1v) is 12.3. The summed E-state index contributed by atoms with van der Waals surface area (Å²) in [5.74, 6) is 1.88. The Bertz CT molecular complexity index is 828. The molecule has 1 fully saturated rings. The number of rotatable bonds is 7. The molecule has 2 aromatic rings. The molecule has 1 aromatic heterocycles. The van der Waals surface area contributed by atoms with Crippen molar-refractivity contribution in [2.45, 2.75) is 51.5 Å². The molecule has 162 valence electrons. The lowest BCUT2D eigenvalue weighted by atomic mass is 9.86. The number of carbonyl (C=O) groups is 1. The number of likely N-dealkylation sites (tertiary alicyclic amines) is 1. The third-order valence-corrected chi connectivity index (χ3v) is 7.63. The Morgan fingerprint density at radius 3 is 2.73 bits per heavy atom. The molecule has 1 aliphatic carbocycles. The molecule has 0 N–H and O–H groups in total. The zero-order valence-corrected chi connectivity index (χ0v) is 19.1. The summed E-state index contributed by atoms with van der Waals surface area (Å²) in [7, 11) is 1.75. The van der Waals surface area contributed by atoms with Gasteiger partial charge in [0, 0.05) is 25.7 Å². The molecule has 5 heteroatoms. The van der Waals surface area contributed by atoms with Crippen LogP contribution in [0.4, 0.5) is 0 Å². The summed E-state index contributed by atoms with van der Waals surface area (Å²) in [5.41, 5.74) is 2.95. The van der Waals surface area contributed by atoms with Gasteiger partial charge in [-0.25, -0.2) is 0 Å². The van der Waals surface area contributed by atoms with E-state index in [1.807, 2.05) is 17.5 Å². The van der Waals surface area contributed by atoms with E-state index in [1.165, 1.54) is 30.5 Å². The predicted molar refractivity (Wildman–Crippen MR) is 124 cm³/mol. The third-order valence-electron chi connectivity index (χ3n) is 6.77. The second kappa shape index (κ2) is 9.97. The molecule has 1 unspecified atom stereocenters. The molecule has 0 spiro atoms. The number of methoxy groups -OCH3 is 1. The number of hydrogen-bond donors (Lipinski definition) is 0. The van der Waals surface area contributed by atoms with Crippen molar-refractivity contribution in [2.24, 2.45) is 5.92 Å². The number of hydrogen-bond acceptors (Lipinski definition) is 4. The number of piperidine rings is 1. The molecule has 1 saturated heterocycles. The lowest BCUT2D eigenvalue weighted by molar-refractivity contribution is 0.0647. The lowest BCUT2D eigenvalue weighted by Crippen LogP contribution is -2.45. The molecule has 4 nitrogen and oxygen atoms in total. The molecule has 1 atom stereocenters. The zero-order chi connectivity index (χ0) is 20.9. The largest absolute Gasteiger partial charge is 0.497 e. The number of thiophene rings is 1. The average Bonchev–Trinajstić information content (AvgIpc) is 3.33. The van der Waals surface area contributed by atoms with Gasteiger partial charge in [0.25, 0.3) is 5.91 Å². The second-order valence-corrected chi connectivity index (χ2v) is 9.69. The van der Waals surface area contributed by atoms with E-state index < -0.39 is 0 Å². The van der Waals surface area contributed by atoms with Crippen LogP contribution in [0.1, 0.15) is 53.4 Å². The molecule has 1 aliphatic heterocycles. The summed E-state index contributed by atoms with van der Waals surface area (Å²) in [6.07, 6.45) is 6.97. The highest BCUT2D eigenvalue weighted by Crippen LogP contribution is 2.30. The van der Waals surface area contributed by atoms with E-state index in [1.54, 1.807) is 18.4 Å². The fraction of sp³-hybridized carbons (Fsp3) is 0.560. The Kier molecular flexibility index (Phi) is 7.11. The van der Waals surface area contributed by atoms with Gasteiger partial charge in [0.05, 0.1) is 12.0 Å². The van der Waals surface area contributed by atoms with Gasteiger partial charge in [-0.3, -0.25) is 9.69 Å². The highest BCUT2D eigenvalue weighted by atomic mass is 32.1. The smallest absolute Gasteiger partial charge is 0.263 e. The first kappa shape index (κ1) is 21.4. The van der Waals surface area contributed by atoms with Gasteiger partial charge in [-0.1, -0.05) is 19.1 Å². The molecule has 1 aromatic carbocycles. The number of ether oxygens (including phenoxy) is 1. The van der Waals surface area contributed by atoms with Gasteiger partial charge in [-0.05, 0) is 85.7 Å². The quantitative estimate of drug-likeness (QED) is 0.633. The Labute approximate surface area is 184 Å². The van der Waals surface area contributed by atoms with E-state index in [4.69, 9.17) is 4.74 Å². The van der Waals surface area contributed by atoms with Crippen LogP contribution in [-0.4, -0.2) is 55.0 Å². The minimum absolute atomic E-state index is 0.215. The molecular formula is C25H34N2O2S. The van der Waals surface area contributed by atoms with Crippen molar-refractivity contribution in [1.29, 1.82) is 0 Å². The Morgan fingerprint density at radius 1 is 1.20 bits per heavy atom. The topological polar surface area (TPSA) is 32.8 Å². The standard InChI is InChI=1S/C25H34N2O2S/c1-3-12-27(22-8-6-20-7-9-23(29-2)17-21(20)16-22)18-19-10-13-26(14-11-19)25(28)24-5-4-15-30-24/h4-5,7,9,15,17,19,22H,3,6,8,10-14,16,18H2,1-2H3. The molecule has 4 rings (SSSR count). The predicted octanol–water partition coefficient (Wildman–Crippen LogP) is 4.88. The van der Waals surface area contributed by atoms with Gasteiger partial charge < -0.3 is 9.64 Å². The molecule has 2 heterocycles. The molecular weight excluding hydrogens is 392 g/mol. The van der Waals surface area contributed by atoms with E-state index in [9.17, 15) is 4.79 Å². The van der Waals surface area contributed by atoms with Crippen molar-refractivity contribution in [1.82, 2.24) is 9.80 Å². The lowest BCUT2D eigenvalue weighted by Gasteiger charge is -2.39. The summed E-state index contributed by atoms with van der Waals surface area (Å²) in [6, 6.07) is 11.1. The van der Waals surface area contributed by atoms with E-state index in [2.05, 4.69) is 34.9 Å². The van der Waals surface area contributed by atoms with Crippen LogP contribution in [0.15, 0.2) is 35.7 Å². The fourth-order valence-electron chi connectivity index (χ4n) is 5.07. The van der Waals surface area contributed by atoms with Crippen molar-refractivity contribution >= 4 is 17.2 Å². The summed E-state index contributed by atoms with van der Waals surface area (Å²) < 4.78 is 5.46. The van der Waals surface area contributed by atoms with Gasteiger partial charge in [0.2, 0.25) is 0 Å². The minimum Gasteiger partial charge on any atom is -0.497 e. The van der Waals surface area contributed by atoms with Gasteiger partial charge in [-0.2, -0.15) is 0 Å². The highest BCUT2D eigenvalue weighted by molar-refractivity contribution is 7.12. The van der Waals surface area contributed by atoms with E-state index in [0.717, 1.165) is 55.9 Å². The van der Waals surface area contributed by atoms with Crippen molar-refractivity contribution < 1.29 is 9.53 Å². The number of carbonyl (C=O) groups excluding carboxylic acids is 1. The fourth-order valence-corrected chi connectivity index (χ4v) is 5.76. The van der Waals surface area contributed by atoms with Crippen molar-refractivity contribution in [3.05, 3.63) is 51.7 Å². The van der Waals surface area contributed by atoms with Crippen LogP contribution < -0.4 is 4.74 Å². The summed E-state index contributed by atoms with van der Waals surface area (Å²) >= 11 is 1.55. The first-order valence-electron chi connectivity index (χ1n) is 11.4. The number of aryl methyl sites for hydroxylation is 1. The monoisotopic (exact) mass is 426 g/mol. The maximum absolute atomic E-state index is 12.6. The maximum atomic E-state index is 12.6. The normalized spacial score (nSPS) is 19.7.